The van der Waals surface area contributed by atoms with Crippen LogP contribution in [0.15, 0.2) is 0 Å². The van der Waals surface area contributed by atoms with E-state index >= 15 is 0 Å². The lowest BCUT2D eigenvalue weighted by Gasteiger charge is -2.32. The van der Waals surface area contributed by atoms with Crippen LogP contribution in [0.25, 0.3) is 0 Å². The predicted molar refractivity (Wildman–Crippen MR) is 94.1 cm³/mol. The van der Waals surface area contributed by atoms with Gasteiger partial charge in [-0.15, -0.1) is 0 Å². The third-order valence-electron chi connectivity index (χ3n) is 5.19. The number of carbonyl (C=O) groups excluding carboxylic acids is 1. The van der Waals surface area contributed by atoms with Crippen molar-refractivity contribution in [2.75, 3.05) is 0 Å². The van der Waals surface area contributed by atoms with E-state index in [1.807, 2.05) is 0 Å². The molecule has 1 saturated carbocycles. The number of aliphatic hydroxyl groups is 1. The summed E-state index contributed by atoms with van der Waals surface area (Å²) >= 11 is 0. The minimum atomic E-state index is -0.341. The van der Waals surface area contributed by atoms with Gasteiger partial charge in [0, 0.05) is 12.8 Å². The van der Waals surface area contributed by atoms with E-state index < -0.39 is 0 Å². The predicted octanol–water partition coefficient (Wildman–Crippen LogP) is 5.95. The first-order chi connectivity index (χ1) is 10.7. The Kier molecular flexibility index (Phi) is 10.8. The van der Waals surface area contributed by atoms with Crippen molar-refractivity contribution >= 4 is 5.78 Å². The average Bonchev–Trinajstić information content (AvgIpc) is 2.51. The number of hydrogen-bond donors (Lipinski definition) is 1. The molecule has 0 aromatic heterocycles. The van der Waals surface area contributed by atoms with Crippen LogP contribution in [0.2, 0.25) is 0 Å². The van der Waals surface area contributed by atoms with E-state index in [0.29, 0.717) is 5.78 Å². The van der Waals surface area contributed by atoms with Gasteiger partial charge < -0.3 is 5.11 Å². The van der Waals surface area contributed by atoms with Crippen LogP contribution >= 0.6 is 0 Å². The van der Waals surface area contributed by atoms with Crippen LogP contribution in [0.5, 0.6) is 0 Å². The summed E-state index contributed by atoms with van der Waals surface area (Å²) in [5.41, 5.74) is -0.341. The number of rotatable bonds is 13. The molecule has 1 aliphatic rings. The van der Waals surface area contributed by atoms with Crippen LogP contribution in [0.1, 0.15) is 116 Å². The SMILES string of the molecule is CCCCCCC(=O)CCCCCCCC1(O)CCCCC1. The van der Waals surface area contributed by atoms with Crippen LogP contribution in [0.3, 0.4) is 0 Å². The Bertz CT molecular complexity index is 279. The van der Waals surface area contributed by atoms with Gasteiger partial charge in [-0.25, -0.2) is 0 Å². The number of hydrogen-bond acceptors (Lipinski definition) is 2. The fourth-order valence-corrected chi connectivity index (χ4v) is 3.64. The molecule has 1 fully saturated rings. The molecule has 0 amide bonds. The van der Waals surface area contributed by atoms with Crippen LogP contribution in [-0.4, -0.2) is 16.5 Å². The molecule has 0 unspecified atom stereocenters. The molecule has 0 aliphatic heterocycles. The van der Waals surface area contributed by atoms with E-state index in [4.69, 9.17) is 0 Å². The molecule has 0 spiro atoms. The average molecular weight is 311 g/mol. The zero-order chi connectivity index (χ0) is 16.1. The highest BCUT2D eigenvalue weighted by Gasteiger charge is 2.27. The summed E-state index contributed by atoms with van der Waals surface area (Å²) in [6, 6.07) is 0. The van der Waals surface area contributed by atoms with Crippen molar-refractivity contribution in [3.8, 4) is 0 Å². The largest absolute Gasteiger partial charge is 0.390 e. The molecule has 1 aliphatic carbocycles. The lowest BCUT2D eigenvalue weighted by Crippen LogP contribution is -2.30. The third-order valence-corrected chi connectivity index (χ3v) is 5.19. The Morgan fingerprint density at radius 1 is 0.818 bits per heavy atom. The highest BCUT2D eigenvalue weighted by atomic mass is 16.3. The van der Waals surface area contributed by atoms with E-state index in [-0.39, 0.29) is 5.60 Å². The number of ketones is 1. The van der Waals surface area contributed by atoms with E-state index in [9.17, 15) is 9.90 Å². The first-order valence-corrected chi connectivity index (χ1v) is 9.90. The Morgan fingerprint density at radius 3 is 2.00 bits per heavy atom. The van der Waals surface area contributed by atoms with E-state index in [1.165, 1.54) is 57.8 Å². The van der Waals surface area contributed by atoms with Gasteiger partial charge in [0.05, 0.1) is 5.60 Å². The standard InChI is InChI=1S/C20H38O2/c1-2-3-4-9-14-19(21)15-10-6-5-7-11-16-20(22)17-12-8-13-18-20/h22H,2-18H2,1H3. The summed E-state index contributed by atoms with van der Waals surface area (Å²) in [6.45, 7) is 2.20. The molecule has 22 heavy (non-hydrogen) atoms. The van der Waals surface area contributed by atoms with E-state index in [2.05, 4.69) is 6.92 Å². The van der Waals surface area contributed by atoms with Crippen LogP contribution in [-0.2, 0) is 4.79 Å². The zero-order valence-electron chi connectivity index (χ0n) is 14.9. The van der Waals surface area contributed by atoms with Gasteiger partial charge in [-0.2, -0.15) is 0 Å². The normalized spacial score (nSPS) is 17.5. The Morgan fingerprint density at radius 2 is 1.36 bits per heavy atom. The van der Waals surface area contributed by atoms with E-state index in [1.54, 1.807) is 0 Å². The lowest BCUT2D eigenvalue weighted by molar-refractivity contribution is -0.119. The molecule has 0 saturated heterocycles. The fraction of sp³-hybridized carbons (Fsp3) is 0.950. The monoisotopic (exact) mass is 310 g/mol. The first kappa shape index (κ1) is 19.7. The van der Waals surface area contributed by atoms with Crippen molar-refractivity contribution < 1.29 is 9.90 Å². The molecule has 2 heteroatoms. The summed E-state index contributed by atoms with van der Waals surface area (Å²) in [7, 11) is 0. The van der Waals surface area contributed by atoms with E-state index in [0.717, 1.165) is 51.4 Å². The fourth-order valence-electron chi connectivity index (χ4n) is 3.64. The van der Waals surface area contributed by atoms with Crippen molar-refractivity contribution in [1.82, 2.24) is 0 Å². The smallest absolute Gasteiger partial charge is 0.132 e. The van der Waals surface area contributed by atoms with Gasteiger partial charge in [0.25, 0.3) is 0 Å². The number of Topliss-reactive ketones (excluding diaryl/α,β-unsaturated/α-hetero) is 1. The molecule has 130 valence electrons. The Balaban J connectivity index is 1.87. The van der Waals surface area contributed by atoms with Crippen molar-refractivity contribution in [2.24, 2.45) is 0 Å². The molecule has 0 bridgehead atoms. The lowest BCUT2D eigenvalue weighted by atomic mass is 9.81. The highest BCUT2D eigenvalue weighted by Crippen LogP contribution is 2.32. The third kappa shape index (κ3) is 9.61. The molecule has 0 atom stereocenters. The molecule has 0 radical (unpaired) electrons. The Labute approximate surface area is 138 Å². The molecular weight excluding hydrogens is 272 g/mol. The molecule has 1 N–H and O–H groups in total. The summed E-state index contributed by atoms with van der Waals surface area (Å²) in [5, 5.41) is 10.4. The second kappa shape index (κ2) is 12.1. The molecule has 0 heterocycles. The number of carbonyl (C=O) groups is 1. The van der Waals surface area contributed by atoms with Crippen molar-refractivity contribution in [3.63, 3.8) is 0 Å². The van der Waals surface area contributed by atoms with Crippen molar-refractivity contribution in [1.29, 1.82) is 0 Å². The number of unbranched alkanes of at least 4 members (excludes halogenated alkanes) is 7. The minimum absolute atomic E-state index is 0.341. The molecule has 2 nitrogen and oxygen atoms in total. The highest BCUT2D eigenvalue weighted by molar-refractivity contribution is 5.78. The van der Waals surface area contributed by atoms with Crippen LogP contribution in [0.4, 0.5) is 0 Å². The quantitative estimate of drug-likeness (QED) is 0.427. The summed E-state index contributed by atoms with van der Waals surface area (Å²) in [5.74, 6) is 0.465. The van der Waals surface area contributed by atoms with Gasteiger partial charge in [0.2, 0.25) is 0 Å². The van der Waals surface area contributed by atoms with Gasteiger partial charge in [0.1, 0.15) is 5.78 Å². The van der Waals surface area contributed by atoms with Crippen LogP contribution in [0, 0.1) is 0 Å². The first-order valence-electron chi connectivity index (χ1n) is 9.90. The summed E-state index contributed by atoms with van der Waals surface area (Å²) in [6.07, 6.45) is 19.0. The zero-order valence-corrected chi connectivity index (χ0v) is 14.9. The molecular formula is C20H38O2. The van der Waals surface area contributed by atoms with Gasteiger partial charge in [-0.3, -0.25) is 4.79 Å². The van der Waals surface area contributed by atoms with Crippen molar-refractivity contribution in [3.05, 3.63) is 0 Å². The van der Waals surface area contributed by atoms with Gasteiger partial charge >= 0.3 is 0 Å². The minimum Gasteiger partial charge on any atom is -0.390 e. The van der Waals surface area contributed by atoms with Gasteiger partial charge in [0.15, 0.2) is 0 Å². The summed E-state index contributed by atoms with van der Waals surface area (Å²) in [4.78, 5) is 11.7. The van der Waals surface area contributed by atoms with Crippen LogP contribution < -0.4 is 0 Å². The maximum absolute atomic E-state index is 11.7. The van der Waals surface area contributed by atoms with Gasteiger partial charge in [-0.1, -0.05) is 71.1 Å². The molecule has 0 aromatic carbocycles. The maximum Gasteiger partial charge on any atom is 0.132 e. The van der Waals surface area contributed by atoms with Crippen molar-refractivity contribution in [2.45, 2.75) is 122 Å². The van der Waals surface area contributed by atoms with Gasteiger partial charge in [-0.05, 0) is 32.1 Å². The second-order valence-corrected chi connectivity index (χ2v) is 7.40. The topological polar surface area (TPSA) is 37.3 Å². The molecule has 0 aromatic rings. The summed E-state index contributed by atoms with van der Waals surface area (Å²) < 4.78 is 0. The Hall–Kier alpha value is -0.370. The maximum atomic E-state index is 11.7. The second-order valence-electron chi connectivity index (χ2n) is 7.40. The molecule has 1 rings (SSSR count).